The van der Waals surface area contributed by atoms with Crippen LogP contribution in [0.5, 0.6) is 0 Å². The zero-order valence-electron chi connectivity index (χ0n) is 4.91. The number of carbonyl (C=O) groups is 1. The Morgan fingerprint density at radius 3 is 2.89 bits per heavy atom. The van der Waals surface area contributed by atoms with Gasteiger partial charge in [0.2, 0.25) is 0 Å². The Bertz CT molecular complexity index is 116. The molecule has 0 radical (unpaired) electrons. The Balaban J connectivity index is 3.37. The second kappa shape index (κ2) is 4.40. The van der Waals surface area contributed by atoms with Crippen LogP contribution in [-0.4, -0.2) is 22.9 Å². The van der Waals surface area contributed by atoms with Gasteiger partial charge in [0.1, 0.15) is 6.04 Å². The highest BCUT2D eigenvalue weighted by Gasteiger charge is 2.08. The molecule has 52 valence electrons. The van der Waals surface area contributed by atoms with Crippen LogP contribution in [-0.2, 0) is 4.79 Å². The first-order valence-electron chi connectivity index (χ1n) is 2.39. The third-order valence-electron chi connectivity index (χ3n) is 0.711. The number of carboxylic acids is 1. The highest BCUT2D eigenvalue weighted by molar-refractivity contribution is 8.02. The molecule has 4 heteroatoms. The van der Waals surface area contributed by atoms with Crippen molar-refractivity contribution in [3.05, 3.63) is 12.0 Å². The molecule has 0 unspecified atom stereocenters. The summed E-state index contributed by atoms with van der Waals surface area (Å²) >= 11 is 1.30. The molecule has 0 aromatic carbocycles. The number of carboxylic acid groups (broad SMARTS) is 1. The van der Waals surface area contributed by atoms with Crippen LogP contribution in [0.25, 0.3) is 0 Å². The van der Waals surface area contributed by atoms with Gasteiger partial charge in [0.05, 0.1) is 0 Å². The minimum Gasteiger partial charge on any atom is -0.480 e. The molecule has 0 aromatic heterocycles. The van der Waals surface area contributed by atoms with Crippen LogP contribution < -0.4 is 5.73 Å². The van der Waals surface area contributed by atoms with Crippen LogP contribution in [0.3, 0.4) is 0 Å². The van der Waals surface area contributed by atoms with Gasteiger partial charge in [0.15, 0.2) is 0 Å². The van der Waals surface area contributed by atoms with E-state index >= 15 is 0 Å². The van der Waals surface area contributed by atoms with Crippen molar-refractivity contribution in [3.63, 3.8) is 0 Å². The van der Waals surface area contributed by atoms with E-state index in [1.807, 2.05) is 0 Å². The molecule has 0 aliphatic rings. The van der Waals surface area contributed by atoms with Crippen LogP contribution in [0.4, 0.5) is 0 Å². The number of nitrogens with two attached hydrogens (primary N) is 1. The monoisotopic (exact) mass is 147 g/mol. The molecule has 0 spiro atoms. The highest BCUT2D eigenvalue weighted by atomic mass is 32.2. The van der Waals surface area contributed by atoms with Gasteiger partial charge >= 0.3 is 5.97 Å². The number of aliphatic carboxylic acids is 1. The van der Waals surface area contributed by atoms with Gasteiger partial charge in [0.25, 0.3) is 0 Å². The molecule has 9 heavy (non-hydrogen) atoms. The minimum atomic E-state index is -0.968. The largest absolute Gasteiger partial charge is 0.480 e. The normalized spacial score (nSPS) is 12.6. The average Bonchev–Trinajstić information content (AvgIpc) is 1.82. The van der Waals surface area contributed by atoms with Crippen molar-refractivity contribution in [2.45, 2.75) is 6.04 Å². The van der Waals surface area contributed by atoms with Gasteiger partial charge in [-0.2, -0.15) is 0 Å². The molecule has 0 aromatic rings. The molecule has 0 bridgehead atoms. The van der Waals surface area contributed by atoms with Crippen molar-refractivity contribution >= 4 is 17.7 Å². The molecule has 0 rings (SSSR count). The summed E-state index contributed by atoms with van der Waals surface area (Å²) in [5.74, 6) is -0.580. The third kappa shape index (κ3) is 4.05. The Kier molecular flexibility index (Phi) is 4.17. The smallest absolute Gasteiger partial charge is 0.321 e. The lowest BCUT2D eigenvalue weighted by atomic mass is 10.4. The van der Waals surface area contributed by atoms with Gasteiger partial charge in [-0.15, -0.1) is 11.8 Å². The molecule has 1 atom stereocenters. The lowest BCUT2D eigenvalue weighted by molar-refractivity contribution is -0.137. The van der Waals surface area contributed by atoms with Crippen LogP contribution in [0.1, 0.15) is 0 Å². The molecule has 0 fully saturated rings. The molecule has 0 saturated heterocycles. The van der Waals surface area contributed by atoms with E-state index in [1.54, 1.807) is 5.41 Å². The second-order valence-electron chi connectivity index (χ2n) is 1.44. The van der Waals surface area contributed by atoms with Crippen molar-refractivity contribution in [1.29, 1.82) is 0 Å². The molecule has 3 nitrogen and oxygen atoms in total. The average molecular weight is 147 g/mol. The molecule has 0 aliphatic heterocycles. The van der Waals surface area contributed by atoms with E-state index in [4.69, 9.17) is 10.8 Å². The lowest BCUT2D eigenvalue weighted by Gasteiger charge is -2.00. The SMILES string of the molecule is C=CSC[C@H](N)C(=O)O. The number of hydrogen-bond acceptors (Lipinski definition) is 3. The van der Waals surface area contributed by atoms with Crippen LogP contribution in [0.15, 0.2) is 12.0 Å². The van der Waals surface area contributed by atoms with E-state index in [1.165, 1.54) is 11.8 Å². The van der Waals surface area contributed by atoms with Gasteiger partial charge < -0.3 is 10.8 Å². The van der Waals surface area contributed by atoms with Gasteiger partial charge in [-0.1, -0.05) is 6.58 Å². The predicted molar refractivity (Wildman–Crippen MR) is 38.3 cm³/mol. The van der Waals surface area contributed by atoms with E-state index in [0.717, 1.165) is 0 Å². The van der Waals surface area contributed by atoms with E-state index in [2.05, 4.69) is 6.58 Å². The van der Waals surface area contributed by atoms with Crippen molar-refractivity contribution in [2.24, 2.45) is 5.73 Å². The van der Waals surface area contributed by atoms with E-state index in [0.29, 0.717) is 5.75 Å². The summed E-state index contributed by atoms with van der Waals surface area (Å²) in [7, 11) is 0. The Labute approximate surface area is 57.9 Å². The van der Waals surface area contributed by atoms with Crippen molar-refractivity contribution < 1.29 is 9.90 Å². The summed E-state index contributed by atoms with van der Waals surface area (Å²) in [6.45, 7) is 3.41. The van der Waals surface area contributed by atoms with E-state index in [-0.39, 0.29) is 0 Å². The van der Waals surface area contributed by atoms with Gasteiger partial charge in [0, 0.05) is 5.75 Å². The van der Waals surface area contributed by atoms with Gasteiger partial charge in [-0.3, -0.25) is 4.79 Å². The van der Waals surface area contributed by atoms with Crippen molar-refractivity contribution in [3.8, 4) is 0 Å². The zero-order valence-corrected chi connectivity index (χ0v) is 5.73. The van der Waals surface area contributed by atoms with Crippen LogP contribution in [0, 0.1) is 0 Å². The molecule has 0 saturated carbocycles. The Morgan fingerprint density at radius 2 is 2.56 bits per heavy atom. The predicted octanol–water partition coefficient (Wildman–Crippen LogP) is 0.275. The summed E-state index contributed by atoms with van der Waals surface area (Å²) in [5, 5.41) is 9.81. The van der Waals surface area contributed by atoms with Crippen molar-refractivity contribution in [1.82, 2.24) is 0 Å². The maximum atomic E-state index is 10.0. The fraction of sp³-hybridized carbons (Fsp3) is 0.400. The van der Waals surface area contributed by atoms with Crippen molar-refractivity contribution in [2.75, 3.05) is 5.75 Å². The molecule has 0 aliphatic carbocycles. The molecular weight excluding hydrogens is 138 g/mol. The number of thioether (sulfide) groups is 1. The molecule has 0 amide bonds. The van der Waals surface area contributed by atoms with Crippen LogP contribution in [0.2, 0.25) is 0 Å². The van der Waals surface area contributed by atoms with E-state index < -0.39 is 12.0 Å². The first-order chi connectivity index (χ1) is 4.18. The summed E-state index contributed by atoms with van der Waals surface area (Å²) in [4.78, 5) is 10.0. The number of hydrogen-bond donors (Lipinski definition) is 2. The molecular formula is C5H9NO2S. The topological polar surface area (TPSA) is 63.3 Å². The summed E-state index contributed by atoms with van der Waals surface area (Å²) in [6, 6.07) is -0.770. The van der Waals surface area contributed by atoms with Crippen LogP contribution >= 0.6 is 11.8 Å². The third-order valence-corrected chi connectivity index (χ3v) is 1.50. The minimum absolute atomic E-state index is 0.388. The fourth-order valence-electron chi connectivity index (χ4n) is 0.243. The molecule has 0 heterocycles. The highest BCUT2D eigenvalue weighted by Crippen LogP contribution is 2.00. The Hall–Kier alpha value is -0.480. The first-order valence-corrected chi connectivity index (χ1v) is 3.44. The summed E-state index contributed by atoms with van der Waals surface area (Å²) in [6.07, 6.45) is 0. The Morgan fingerprint density at radius 1 is 2.00 bits per heavy atom. The number of rotatable bonds is 4. The second-order valence-corrected chi connectivity index (χ2v) is 2.44. The standard InChI is InChI=1S/C5H9NO2S/c1-2-9-3-4(6)5(7)8/h2,4H,1,3,6H2,(H,7,8)/t4-/m0/s1. The fourth-order valence-corrected chi connectivity index (χ4v) is 0.729. The summed E-state index contributed by atoms with van der Waals surface area (Å²) in [5.41, 5.74) is 5.13. The lowest BCUT2D eigenvalue weighted by Crippen LogP contribution is -2.32. The first kappa shape index (κ1) is 8.52. The maximum absolute atomic E-state index is 10.0. The molecule has 3 N–H and O–H groups in total. The maximum Gasteiger partial charge on any atom is 0.321 e. The van der Waals surface area contributed by atoms with E-state index in [9.17, 15) is 4.79 Å². The zero-order chi connectivity index (χ0) is 7.28. The van der Waals surface area contributed by atoms with Gasteiger partial charge in [-0.05, 0) is 5.41 Å². The summed E-state index contributed by atoms with van der Waals surface area (Å²) < 4.78 is 0. The van der Waals surface area contributed by atoms with Gasteiger partial charge in [-0.25, -0.2) is 0 Å². The quantitative estimate of drug-likeness (QED) is 0.599.